The topological polar surface area (TPSA) is 29.5 Å². The zero-order chi connectivity index (χ0) is 11.4. The van der Waals surface area contributed by atoms with Gasteiger partial charge in [0.15, 0.2) is 6.30 Å². The summed E-state index contributed by atoms with van der Waals surface area (Å²) in [5, 5.41) is 0. The van der Waals surface area contributed by atoms with Crippen LogP contribution in [-0.2, 0) is 11.3 Å². The maximum atomic E-state index is 13.2. The van der Waals surface area contributed by atoms with Gasteiger partial charge in [-0.25, -0.2) is 9.18 Å². The molecule has 1 aromatic carbocycles. The maximum Gasteiger partial charge on any atom is 0.412 e. The van der Waals surface area contributed by atoms with Gasteiger partial charge in [-0.2, -0.15) is 0 Å². The third-order valence-corrected chi connectivity index (χ3v) is 2.62. The molecule has 3 nitrogen and oxygen atoms in total. The Morgan fingerprint density at radius 3 is 2.81 bits per heavy atom. The van der Waals surface area contributed by atoms with Crippen LogP contribution in [0.2, 0.25) is 0 Å². The highest BCUT2D eigenvalue weighted by Crippen LogP contribution is 2.19. The van der Waals surface area contributed by atoms with E-state index in [-0.39, 0.29) is 6.61 Å². The Kier molecular flexibility index (Phi) is 3.39. The highest BCUT2D eigenvalue weighted by molar-refractivity contribution is 5.68. The second-order valence-electron chi connectivity index (χ2n) is 3.81. The number of nitrogens with zero attached hydrogens (tertiary/aromatic N) is 1. The van der Waals surface area contributed by atoms with E-state index in [9.17, 15) is 9.18 Å². The van der Waals surface area contributed by atoms with Gasteiger partial charge < -0.3 is 4.74 Å². The normalized spacial score (nSPS) is 19.8. The first-order chi connectivity index (χ1) is 7.77. The van der Waals surface area contributed by atoms with Crippen LogP contribution in [0.1, 0.15) is 18.4 Å². The minimum absolute atomic E-state index is 0.197. The molecule has 1 fully saturated rings. The summed E-state index contributed by atoms with van der Waals surface area (Å²) in [6.45, 7) is 0.650. The van der Waals surface area contributed by atoms with E-state index in [1.807, 2.05) is 30.3 Å². The number of halogens is 1. The minimum Gasteiger partial charge on any atom is -0.444 e. The van der Waals surface area contributed by atoms with E-state index in [2.05, 4.69) is 0 Å². The smallest absolute Gasteiger partial charge is 0.412 e. The SMILES string of the molecule is O=C(OCc1ccccc1)N1CCC[C@H]1F. The fraction of sp³-hybridized carbons (Fsp3) is 0.417. The Hall–Kier alpha value is -1.58. The molecule has 0 aliphatic carbocycles. The van der Waals surface area contributed by atoms with Crippen molar-refractivity contribution in [3.63, 3.8) is 0 Å². The molecule has 1 atom stereocenters. The average Bonchev–Trinajstić information content (AvgIpc) is 2.74. The van der Waals surface area contributed by atoms with Crippen molar-refractivity contribution in [1.82, 2.24) is 4.90 Å². The van der Waals surface area contributed by atoms with Gasteiger partial charge in [0.25, 0.3) is 0 Å². The van der Waals surface area contributed by atoms with Crippen LogP contribution >= 0.6 is 0 Å². The predicted molar refractivity (Wildman–Crippen MR) is 57.5 cm³/mol. The average molecular weight is 223 g/mol. The Morgan fingerprint density at radius 1 is 1.44 bits per heavy atom. The van der Waals surface area contributed by atoms with Crippen LogP contribution in [0.3, 0.4) is 0 Å². The van der Waals surface area contributed by atoms with Gasteiger partial charge in [-0.1, -0.05) is 30.3 Å². The third-order valence-electron chi connectivity index (χ3n) is 2.62. The second kappa shape index (κ2) is 4.96. The van der Waals surface area contributed by atoms with Crippen molar-refractivity contribution in [3.05, 3.63) is 35.9 Å². The maximum absolute atomic E-state index is 13.2. The van der Waals surface area contributed by atoms with E-state index in [1.165, 1.54) is 0 Å². The van der Waals surface area contributed by atoms with Crippen LogP contribution in [0.4, 0.5) is 9.18 Å². The monoisotopic (exact) mass is 223 g/mol. The Balaban J connectivity index is 1.84. The molecule has 0 spiro atoms. The number of carbonyl (C=O) groups is 1. The number of amides is 1. The lowest BCUT2D eigenvalue weighted by molar-refractivity contribution is 0.0641. The molecule has 0 aromatic heterocycles. The van der Waals surface area contributed by atoms with E-state index in [0.717, 1.165) is 10.5 Å². The Labute approximate surface area is 93.8 Å². The molecule has 86 valence electrons. The molecular formula is C12H14FNO2. The molecule has 1 aliphatic rings. The number of likely N-dealkylation sites (tertiary alicyclic amines) is 1. The molecule has 1 aromatic rings. The van der Waals surface area contributed by atoms with Crippen LogP contribution in [0.15, 0.2) is 30.3 Å². The lowest BCUT2D eigenvalue weighted by Gasteiger charge is -2.17. The van der Waals surface area contributed by atoms with Crippen molar-refractivity contribution in [2.24, 2.45) is 0 Å². The summed E-state index contributed by atoms with van der Waals surface area (Å²) in [4.78, 5) is 12.6. The van der Waals surface area contributed by atoms with Gasteiger partial charge in [-0.3, -0.25) is 4.90 Å². The van der Waals surface area contributed by atoms with Gasteiger partial charge >= 0.3 is 6.09 Å². The molecule has 1 saturated heterocycles. The third kappa shape index (κ3) is 2.51. The minimum atomic E-state index is -1.18. The van der Waals surface area contributed by atoms with Crippen LogP contribution in [0, 0.1) is 0 Å². The number of ether oxygens (including phenoxy) is 1. The van der Waals surface area contributed by atoms with Crippen molar-refractivity contribution in [3.8, 4) is 0 Å². The van der Waals surface area contributed by atoms with Gasteiger partial charge in [0.2, 0.25) is 0 Å². The first-order valence-corrected chi connectivity index (χ1v) is 5.39. The summed E-state index contributed by atoms with van der Waals surface area (Å²) in [5.74, 6) is 0. The van der Waals surface area contributed by atoms with Crippen molar-refractivity contribution in [2.45, 2.75) is 25.7 Å². The molecule has 0 bridgehead atoms. The summed E-state index contributed by atoms with van der Waals surface area (Å²) in [5.41, 5.74) is 0.908. The van der Waals surface area contributed by atoms with Crippen LogP contribution in [0.25, 0.3) is 0 Å². The predicted octanol–water partition coefficient (Wildman–Crippen LogP) is 2.71. The Bertz CT molecular complexity index is 355. The zero-order valence-electron chi connectivity index (χ0n) is 8.93. The van der Waals surface area contributed by atoms with Gasteiger partial charge in [0.05, 0.1) is 0 Å². The summed E-state index contributed by atoms with van der Waals surface area (Å²) in [7, 11) is 0. The first kappa shape index (κ1) is 10.9. The Morgan fingerprint density at radius 2 is 2.19 bits per heavy atom. The van der Waals surface area contributed by atoms with E-state index in [4.69, 9.17) is 4.74 Å². The number of alkyl halides is 1. The quantitative estimate of drug-likeness (QED) is 0.721. The highest BCUT2D eigenvalue weighted by Gasteiger charge is 2.29. The lowest BCUT2D eigenvalue weighted by Crippen LogP contribution is -2.33. The first-order valence-electron chi connectivity index (χ1n) is 5.39. The van der Waals surface area contributed by atoms with Gasteiger partial charge in [0.1, 0.15) is 6.61 Å². The number of carbonyl (C=O) groups excluding carboxylic acids is 1. The molecule has 1 amide bonds. The fourth-order valence-corrected chi connectivity index (χ4v) is 1.73. The molecule has 0 N–H and O–H groups in total. The van der Waals surface area contributed by atoms with Gasteiger partial charge in [-0.15, -0.1) is 0 Å². The lowest BCUT2D eigenvalue weighted by atomic mass is 10.2. The van der Waals surface area contributed by atoms with Crippen LogP contribution in [0.5, 0.6) is 0 Å². The summed E-state index contributed by atoms with van der Waals surface area (Å²) < 4.78 is 18.2. The van der Waals surface area contributed by atoms with Crippen molar-refractivity contribution >= 4 is 6.09 Å². The fourth-order valence-electron chi connectivity index (χ4n) is 1.73. The van der Waals surface area contributed by atoms with E-state index < -0.39 is 12.4 Å². The molecule has 2 rings (SSSR count). The summed E-state index contributed by atoms with van der Waals surface area (Å²) >= 11 is 0. The number of hydrogen-bond donors (Lipinski definition) is 0. The molecule has 1 aliphatic heterocycles. The zero-order valence-corrected chi connectivity index (χ0v) is 8.93. The van der Waals surface area contributed by atoms with E-state index in [0.29, 0.717) is 19.4 Å². The van der Waals surface area contributed by atoms with Crippen molar-refractivity contribution < 1.29 is 13.9 Å². The number of hydrogen-bond acceptors (Lipinski definition) is 2. The largest absolute Gasteiger partial charge is 0.444 e. The molecule has 4 heteroatoms. The summed E-state index contributed by atoms with van der Waals surface area (Å²) in [6, 6.07) is 9.37. The highest BCUT2D eigenvalue weighted by atomic mass is 19.1. The molecular weight excluding hydrogens is 209 g/mol. The molecule has 0 unspecified atom stereocenters. The number of benzene rings is 1. The standard InChI is InChI=1S/C12H14FNO2/c13-11-7-4-8-14(11)12(15)16-9-10-5-2-1-3-6-10/h1-3,5-6,11H,4,7-9H2/t11-/m0/s1. The van der Waals surface area contributed by atoms with Crippen molar-refractivity contribution in [1.29, 1.82) is 0 Å². The summed E-state index contributed by atoms with van der Waals surface area (Å²) in [6.07, 6.45) is -0.612. The van der Waals surface area contributed by atoms with Crippen LogP contribution in [-0.4, -0.2) is 23.8 Å². The van der Waals surface area contributed by atoms with Crippen molar-refractivity contribution in [2.75, 3.05) is 6.54 Å². The molecule has 1 heterocycles. The van der Waals surface area contributed by atoms with Gasteiger partial charge in [0, 0.05) is 6.54 Å². The second-order valence-corrected chi connectivity index (χ2v) is 3.81. The molecule has 16 heavy (non-hydrogen) atoms. The molecule has 0 radical (unpaired) electrons. The number of rotatable bonds is 2. The van der Waals surface area contributed by atoms with Gasteiger partial charge in [-0.05, 0) is 18.4 Å². The van der Waals surface area contributed by atoms with Crippen LogP contribution < -0.4 is 0 Å². The molecule has 0 saturated carbocycles. The van der Waals surface area contributed by atoms with E-state index >= 15 is 0 Å². The van der Waals surface area contributed by atoms with E-state index in [1.54, 1.807) is 0 Å².